The molecule has 2 aromatic heterocycles. The second-order valence-corrected chi connectivity index (χ2v) is 5.49. The third kappa shape index (κ3) is 5.01. The fourth-order valence-electron chi connectivity index (χ4n) is 2.23. The molecule has 2 heterocycles. The molecule has 124 valence electrons. The largest absolute Gasteiger partial charge is 0.352 e. The molecule has 0 saturated carbocycles. The van der Waals surface area contributed by atoms with Crippen LogP contribution in [0.25, 0.3) is 5.82 Å². The van der Waals surface area contributed by atoms with Gasteiger partial charge in [-0.15, -0.1) is 5.10 Å². The maximum Gasteiger partial charge on any atom is 0.267 e. The summed E-state index contributed by atoms with van der Waals surface area (Å²) in [5.74, 6) is 0.213. The molecule has 1 unspecified atom stereocenters. The number of nitrogens with zero attached hydrogens (tertiary/aromatic N) is 5. The second kappa shape index (κ2) is 8.21. The van der Waals surface area contributed by atoms with Crippen molar-refractivity contribution in [3.8, 4) is 5.82 Å². The van der Waals surface area contributed by atoms with Crippen LogP contribution in [0.15, 0.2) is 29.6 Å². The summed E-state index contributed by atoms with van der Waals surface area (Å²) in [5, 5.41) is 11.0. The van der Waals surface area contributed by atoms with Gasteiger partial charge in [0.25, 0.3) is 5.56 Å². The van der Waals surface area contributed by atoms with Crippen molar-refractivity contribution < 1.29 is 4.79 Å². The van der Waals surface area contributed by atoms with Crippen molar-refractivity contribution in [2.75, 3.05) is 0 Å². The van der Waals surface area contributed by atoms with Crippen molar-refractivity contribution >= 4 is 5.91 Å². The van der Waals surface area contributed by atoms with Crippen molar-refractivity contribution in [3.05, 3.63) is 35.1 Å². The molecule has 0 aliphatic rings. The third-order valence-corrected chi connectivity index (χ3v) is 3.45. The number of aromatic nitrogens is 5. The van der Waals surface area contributed by atoms with E-state index < -0.39 is 0 Å². The molecule has 0 radical (unpaired) electrons. The lowest BCUT2D eigenvalue weighted by Crippen LogP contribution is -2.38. The Balaban J connectivity index is 1.98. The molecule has 0 aromatic carbocycles. The maximum atomic E-state index is 12.1. The van der Waals surface area contributed by atoms with Gasteiger partial charge in [0, 0.05) is 12.1 Å². The second-order valence-electron chi connectivity index (χ2n) is 5.49. The van der Waals surface area contributed by atoms with Gasteiger partial charge in [0.1, 0.15) is 19.2 Å². The van der Waals surface area contributed by atoms with Gasteiger partial charge in [-0.25, -0.2) is 14.3 Å². The van der Waals surface area contributed by atoms with E-state index in [0.717, 1.165) is 30.4 Å². The van der Waals surface area contributed by atoms with Crippen LogP contribution in [0.1, 0.15) is 39.5 Å². The molecular formula is C15H22N6O2. The minimum Gasteiger partial charge on any atom is -0.352 e. The van der Waals surface area contributed by atoms with E-state index in [9.17, 15) is 9.59 Å². The van der Waals surface area contributed by atoms with Crippen LogP contribution < -0.4 is 10.9 Å². The van der Waals surface area contributed by atoms with E-state index in [1.807, 2.05) is 6.92 Å². The third-order valence-electron chi connectivity index (χ3n) is 3.45. The highest BCUT2D eigenvalue weighted by Crippen LogP contribution is 2.03. The first kappa shape index (κ1) is 16.9. The average Bonchev–Trinajstić information content (AvgIpc) is 3.04. The highest BCUT2D eigenvalue weighted by molar-refractivity contribution is 5.75. The lowest BCUT2D eigenvalue weighted by molar-refractivity contribution is -0.122. The standard InChI is InChI=1S/C15H22N6O2/c1-3-4-5-6-12(2)18-14(22)9-20-15(23)8-7-13(19-20)21-11-16-10-17-21/h7-8,10-12H,3-6,9H2,1-2H3,(H,18,22). The first-order chi connectivity index (χ1) is 11.1. The van der Waals surface area contributed by atoms with Crippen LogP contribution in [0, 0.1) is 0 Å². The lowest BCUT2D eigenvalue weighted by atomic mass is 10.1. The summed E-state index contributed by atoms with van der Waals surface area (Å²) in [6.45, 7) is 4.00. The van der Waals surface area contributed by atoms with Gasteiger partial charge in [0.15, 0.2) is 5.82 Å². The molecule has 0 saturated heterocycles. The number of carbonyl (C=O) groups excluding carboxylic acids is 1. The van der Waals surface area contributed by atoms with Gasteiger partial charge in [-0.3, -0.25) is 9.59 Å². The summed E-state index contributed by atoms with van der Waals surface area (Å²) in [7, 11) is 0. The van der Waals surface area contributed by atoms with E-state index in [1.165, 1.54) is 23.4 Å². The van der Waals surface area contributed by atoms with Crippen LogP contribution in [-0.2, 0) is 11.3 Å². The molecule has 1 amide bonds. The van der Waals surface area contributed by atoms with Crippen LogP contribution in [-0.4, -0.2) is 36.5 Å². The molecule has 0 fully saturated rings. The minimum atomic E-state index is -0.331. The molecular weight excluding hydrogens is 296 g/mol. The first-order valence-electron chi connectivity index (χ1n) is 7.82. The normalized spacial score (nSPS) is 12.1. The molecule has 8 heteroatoms. The van der Waals surface area contributed by atoms with Crippen molar-refractivity contribution in [2.24, 2.45) is 0 Å². The maximum absolute atomic E-state index is 12.1. The molecule has 2 rings (SSSR count). The quantitative estimate of drug-likeness (QED) is 0.730. The van der Waals surface area contributed by atoms with E-state index in [4.69, 9.17) is 0 Å². The molecule has 0 aliphatic heterocycles. The van der Waals surface area contributed by atoms with E-state index in [2.05, 4.69) is 27.4 Å². The number of hydrogen-bond donors (Lipinski definition) is 1. The van der Waals surface area contributed by atoms with Crippen LogP contribution in [0.5, 0.6) is 0 Å². The monoisotopic (exact) mass is 318 g/mol. The van der Waals surface area contributed by atoms with Crippen LogP contribution in [0.2, 0.25) is 0 Å². The Morgan fingerprint density at radius 2 is 2.17 bits per heavy atom. The Bertz CT molecular complexity index is 680. The lowest BCUT2D eigenvalue weighted by Gasteiger charge is -2.14. The molecule has 23 heavy (non-hydrogen) atoms. The van der Waals surface area contributed by atoms with Crippen LogP contribution in [0.3, 0.4) is 0 Å². The Kier molecular flexibility index (Phi) is 6.02. The highest BCUT2D eigenvalue weighted by atomic mass is 16.2. The van der Waals surface area contributed by atoms with Crippen molar-refractivity contribution in [2.45, 2.75) is 52.1 Å². The first-order valence-corrected chi connectivity index (χ1v) is 7.82. The van der Waals surface area contributed by atoms with Gasteiger partial charge in [0.2, 0.25) is 5.91 Å². The van der Waals surface area contributed by atoms with Crippen LogP contribution >= 0.6 is 0 Å². The summed E-state index contributed by atoms with van der Waals surface area (Å²) in [5.41, 5.74) is -0.331. The molecule has 1 atom stereocenters. The fourth-order valence-corrected chi connectivity index (χ4v) is 2.23. The highest BCUT2D eigenvalue weighted by Gasteiger charge is 2.10. The van der Waals surface area contributed by atoms with Gasteiger partial charge in [-0.2, -0.15) is 5.10 Å². The Hall–Kier alpha value is -2.51. The van der Waals surface area contributed by atoms with Gasteiger partial charge in [-0.05, 0) is 19.4 Å². The number of carbonyl (C=O) groups is 1. The number of unbranched alkanes of at least 4 members (excludes halogenated alkanes) is 2. The van der Waals surface area contributed by atoms with Gasteiger partial charge >= 0.3 is 0 Å². The summed E-state index contributed by atoms with van der Waals surface area (Å²) in [6, 6.07) is 2.99. The van der Waals surface area contributed by atoms with Crippen molar-refractivity contribution in [1.29, 1.82) is 0 Å². The molecule has 0 aliphatic carbocycles. The van der Waals surface area contributed by atoms with E-state index >= 15 is 0 Å². The van der Waals surface area contributed by atoms with Gasteiger partial charge < -0.3 is 5.32 Å². The predicted octanol–water partition coefficient (Wildman–Crippen LogP) is 0.909. The molecule has 2 aromatic rings. The van der Waals surface area contributed by atoms with Crippen LogP contribution in [0.4, 0.5) is 0 Å². The van der Waals surface area contributed by atoms with E-state index in [-0.39, 0.29) is 24.1 Å². The zero-order chi connectivity index (χ0) is 16.7. The molecule has 0 bridgehead atoms. The smallest absolute Gasteiger partial charge is 0.267 e. The van der Waals surface area contributed by atoms with Crippen molar-refractivity contribution in [1.82, 2.24) is 29.9 Å². The number of hydrogen-bond acceptors (Lipinski definition) is 5. The number of rotatable bonds is 8. The predicted molar refractivity (Wildman–Crippen MR) is 85.2 cm³/mol. The van der Waals surface area contributed by atoms with E-state index in [1.54, 1.807) is 6.07 Å². The zero-order valence-electron chi connectivity index (χ0n) is 13.5. The summed E-state index contributed by atoms with van der Waals surface area (Å²) in [4.78, 5) is 27.7. The number of amides is 1. The Labute approximate surface area is 134 Å². The minimum absolute atomic E-state index is 0.0863. The fraction of sp³-hybridized carbons (Fsp3) is 0.533. The summed E-state index contributed by atoms with van der Waals surface area (Å²) < 4.78 is 2.56. The SMILES string of the molecule is CCCCCC(C)NC(=O)Cn1nc(-n2cncn2)ccc1=O. The Morgan fingerprint density at radius 1 is 1.35 bits per heavy atom. The molecule has 0 spiro atoms. The van der Waals surface area contributed by atoms with Gasteiger partial charge in [0.05, 0.1) is 0 Å². The summed E-state index contributed by atoms with van der Waals surface area (Å²) in [6.07, 6.45) is 7.17. The van der Waals surface area contributed by atoms with E-state index in [0.29, 0.717) is 5.82 Å². The number of nitrogens with one attached hydrogen (secondary N) is 1. The topological polar surface area (TPSA) is 94.7 Å². The molecule has 8 nitrogen and oxygen atoms in total. The summed E-state index contributed by atoms with van der Waals surface area (Å²) >= 11 is 0. The Morgan fingerprint density at radius 3 is 2.87 bits per heavy atom. The average molecular weight is 318 g/mol. The molecule has 1 N–H and O–H groups in total. The van der Waals surface area contributed by atoms with Gasteiger partial charge in [-0.1, -0.05) is 26.2 Å². The zero-order valence-corrected chi connectivity index (χ0v) is 13.5. The van der Waals surface area contributed by atoms with Crippen molar-refractivity contribution in [3.63, 3.8) is 0 Å².